The van der Waals surface area contributed by atoms with Crippen molar-refractivity contribution in [2.24, 2.45) is 0 Å². The normalized spacial score (nSPS) is 23.1. The van der Waals surface area contributed by atoms with Gasteiger partial charge < -0.3 is 19.7 Å². The molecule has 1 saturated carbocycles. The predicted molar refractivity (Wildman–Crippen MR) is 105 cm³/mol. The quantitative estimate of drug-likeness (QED) is 0.722. The molecule has 26 heavy (non-hydrogen) atoms. The van der Waals surface area contributed by atoms with E-state index in [1.807, 2.05) is 6.07 Å². The highest BCUT2D eigenvalue weighted by Gasteiger charge is 2.42. The summed E-state index contributed by atoms with van der Waals surface area (Å²) >= 11 is 3.57. The van der Waals surface area contributed by atoms with E-state index < -0.39 is 12.2 Å². The average Bonchev–Trinajstić information content (AvgIpc) is 3.19. The predicted octanol–water partition coefficient (Wildman–Crippen LogP) is 4.49. The van der Waals surface area contributed by atoms with Crippen LogP contribution in [0.15, 0.2) is 22.7 Å². The number of benzene rings is 2. The molecular formula is C21H25BrO4. The third-order valence-corrected chi connectivity index (χ3v) is 5.93. The van der Waals surface area contributed by atoms with E-state index in [1.54, 1.807) is 13.8 Å². The summed E-state index contributed by atoms with van der Waals surface area (Å²) in [6.07, 6.45) is 2.47. The Morgan fingerprint density at radius 3 is 2.04 bits per heavy atom. The van der Waals surface area contributed by atoms with Crippen LogP contribution in [0.2, 0.25) is 0 Å². The van der Waals surface area contributed by atoms with E-state index in [1.165, 1.54) is 24.0 Å². The topological polar surface area (TPSA) is 58.9 Å². The number of ether oxygens (including phenoxy) is 2. The standard InChI is InChI=1S/C21H25BrO4/c1-11(23)9-25-20-16-6-5-15(22)8-17(16)21(26-10-12(2)24)19-14-4-3-13(7-14)18(19)20/h5-6,8,11-14,23-24H,3-4,7,9-10H2,1-2H3. The zero-order valence-corrected chi connectivity index (χ0v) is 16.8. The van der Waals surface area contributed by atoms with Crippen molar-refractivity contribution in [3.63, 3.8) is 0 Å². The Balaban J connectivity index is 1.93. The molecular weight excluding hydrogens is 396 g/mol. The molecule has 2 aliphatic rings. The molecule has 2 aliphatic carbocycles. The summed E-state index contributed by atoms with van der Waals surface area (Å²) in [6, 6.07) is 6.13. The SMILES string of the molecule is CC(O)COc1c2c(c(OCC(C)O)c3cc(Br)ccc13)C1CCC2C1. The zero-order valence-electron chi connectivity index (χ0n) is 15.2. The van der Waals surface area contributed by atoms with Crippen molar-refractivity contribution in [2.75, 3.05) is 13.2 Å². The first-order valence-electron chi connectivity index (χ1n) is 9.36. The third-order valence-electron chi connectivity index (χ3n) is 5.44. The molecule has 0 saturated heterocycles. The molecule has 5 heteroatoms. The lowest BCUT2D eigenvalue weighted by Gasteiger charge is -2.26. The molecule has 2 aromatic carbocycles. The van der Waals surface area contributed by atoms with E-state index in [0.29, 0.717) is 11.8 Å². The third kappa shape index (κ3) is 3.10. The molecule has 0 aromatic heterocycles. The van der Waals surface area contributed by atoms with Crippen molar-refractivity contribution in [3.8, 4) is 11.5 Å². The van der Waals surface area contributed by atoms with Gasteiger partial charge in [0.1, 0.15) is 24.7 Å². The second-order valence-corrected chi connectivity index (χ2v) is 8.62. The highest BCUT2D eigenvalue weighted by molar-refractivity contribution is 9.10. The van der Waals surface area contributed by atoms with Crippen molar-refractivity contribution in [1.29, 1.82) is 0 Å². The van der Waals surface area contributed by atoms with E-state index in [0.717, 1.165) is 33.2 Å². The van der Waals surface area contributed by atoms with Gasteiger partial charge in [0.05, 0.1) is 12.2 Å². The van der Waals surface area contributed by atoms with Crippen LogP contribution in [-0.4, -0.2) is 35.6 Å². The zero-order chi connectivity index (χ0) is 18.4. The maximum absolute atomic E-state index is 9.73. The highest BCUT2D eigenvalue weighted by Crippen LogP contribution is 2.61. The van der Waals surface area contributed by atoms with Crippen molar-refractivity contribution < 1.29 is 19.7 Å². The molecule has 0 heterocycles. The van der Waals surface area contributed by atoms with Gasteiger partial charge in [-0.3, -0.25) is 0 Å². The van der Waals surface area contributed by atoms with Crippen molar-refractivity contribution >= 4 is 26.7 Å². The van der Waals surface area contributed by atoms with Gasteiger partial charge in [-0.15, -0.1) is 0 Å². The number of fused-ring (bicyclic) bond motifs is 6. The summed E-state index contributed by atoms with van der Waals surface area (Å²) in [7, 11) is 0. The van der Waals surface area contributed by atoms with Crippen LogP contribution in [0.25, 0.3) is 10.8 Å². The molecule has 0 aliphatic heterocycles. The second-order valence-electron chi connectivity index (χ2n) is 7.70. The fourth-order valence-corrected chi connectivity index (χ4v) is 4.83. The summed E-state index contributed by atoms with van der Waals surface area (Å²) in [5.74, 6) is 2.80. The number of aliphatic hydroxyl groups excluding tert-OH is 2. The minimum atomic E-state index is -0.516. The van der Waals surface area contributed by atoms with Gasteiger partial charge in [-0.1, -0.05) is 15.9 Å². The molecule has 2 aromatic rings. The summed E-state index contributed by atoms with van der Waals surface area (Å²) < 4.78 is 13.2. The van der Waals surface area contributed by atoms with Gasteiger partial charge in [-0.25, -0.2) is 0 Å². The molecule has 4 rings (SSSR count). The van der Waals surface area contributed by atoms with Gasteiger partial charge in [-0.2, -0.15) is 0 Å². The molecule has 4 atom stereocenters. The first-order chi connectivity index (χ1) is 12.5. The first kappa shape index (κ1) is 18.1. The van der Waals surface area contributed by atoms with E-state index in [-0.39, 0.29) is 13.2 Å². The maximum Gasteiger partial charge on any atom is 0.131 e. The number of rotatable bonds is 6. The smallest absolute Gasteiger partial charge is 0.131 e. The van der Waals surface area contributed by atoms with E-state index in [9.17, 15) is 10.2 Å². The van der Waals surface area contributed by atoms with E-state index >= 15 is 0 Å². The van der Waals surface area contributed by atoms with E-state index in [4.69, 9.17) is 9.47 Å². The lowest BCUT2D eigenvalue weighted by Crippen LogP contribution is -2.17. The van der Waals surface area contributed by atoms with Crippen LogP contribution in [0.4, 0.5) is 0 Å². The van der Waals surface area contributed by atoms with Crippen molar-refractivity contribution in [1.82, 2.24) is 0 Å². The lowest BCUT2D eigenvalue weighted by molar-refractivity contribution is 0.120. The molecule has 1 fully saturated rings. The van der Waals surface area contributed by atoms with Gasteiger partial charge in [0.25, 0.3) is 0 Å². The van der Waals surface area contributed by atoms with Crippen LogP contribution in [0, 0.1) is 0 Å². The summed E-state index contributed by atoms with van der Waals surface area (Å²) in [5, 5.41) is 21.5. The summed E-state index contributed by atoms with van der Waals surface area (Å²) in [5.41, 5.74) is 2.52. The molecule has 4 nitrogen and oxygen atoms in total. The Morgan fingerprint density at radius 2 is 1.50 bits per heavy atom. The number of halogens is 1. The minimum Gasteiger partial charge on any atom is -0.490 e. The Kier molecular flexibility index (Phi) is 4.88. The second kappa shape index (κ2) is 7.02. The Bertz CT molecular complexity index is 831. The van der Waals surface area contributed by atoms with E-state index in [2.05, 4.69) is 28.1 Å². The maximum atomic E-state index is 9.73. The van der Waals surface area contributed by atoms with Crippen molar-refractivity contribution in [2.45, 2.75) is 57.2 Å². The molecule has 2 bridgehead atoms. The van der Waals surface area contributed by atoms with Gasteiger partial charge in [0, 0.05) is 26.4 Å². The number of aliphatic hydroxyl groups is 2. The fraction of sp³-hybridized carbons (Fsp3) is 0.524. The molecule has 0 spiro atoms. The Hall–Kier alpha value is -1.30. The van der Waals surface area contributed by atoms with Crippen LogP contribution >= 0.6 is 15.9 Å². The van der Waals surface area contributed by atoms with Crippen LogP contribution in [0.1, 0.15) is 56.1 Å². The fourth-order valence-electron chi connectivity index (χ4n) is 4.47. The van der Waals surface area contributed by atoms with Crippen LogP contribution < -0.4 is 9.47 Å². The number of hydrogen-bond donors (Lipinski definition) is 2. The molecule has 0 amide bonds. The monoisotopic (exact) mass is 420 g/mol. The molecule has 0 radical (unpaired) electrons. The first-order valence-corrected chi connectivity index (χ1v) is 10.2. The molecule has 140 valence electrons. The van der Waals surface area contributed by atoms with Crippen LogP contribution in [-0.2, 0) is 0 Å². The van der Waals surface area contributed by atoms with Gasteiger partial charge in [-0.05, 0) is 63.1 Å². The van der Waals surface area contributed by atoms with Crippen molar-refractivity contribution in [3.05, 3.63) is 33.8 Å². The summed E-state index contributed by atoms with van der Waals surface area (Å²) in [6.45, 7) is 4.04. The highest BCUT2D eigenvalue weighted by atomic mass is 79.9. The van der Waals surface area contributed by atoms with Gasteiger partial charge in [0.15, 0.2) is 0 Å². The number of hydrogen-bond acceptors (Lipinski definition) is 4. The van der Waals surface area contributed by atoms with Crippen LogP contribution in [0.5, 0.6) is 11.5 Å². The van der Waals surface area contributed by atoms with Gasteiger partial charge >= 0.3 is 0 Å². The average molecular weight is 421 g/mol. The van der Waals surface area contributed by atoms with Gasteiger partial charge in [0.2, 0.25) is 0 Å². The molecule has 4 unspecified atom stereocenters. The molecule has 2 N–H and O–H groups in total. The Labute approximate surface area is 162 Å². The minimum absolute atomic E-state index is 0.277. The van der Waals surface area contributed by atoms with Crippen LogP contribution in [0.3, 0.4) is 0 Å². The largest absolute Gasteiger partial charge is 0.490 e. The Morgan fingerprint density at radius 1 is 0.962 bits per heavy atom. The lowest BCUT2D eigenvalue weighted by atomic mass is 9.87. The summed E-state index contributed by atoms with van der Waals surface area (Å²) in [4.78, 5) is 0.